The van der Waals surface area contributed by atoms with E-state index in [0.717, 1.165) is 11.3 Å². The molecule has 2 aromatic rings. The SMILES string of the molecule is NS(N)(=O)=O.c1ccc(-c2cc[nH]n2)cc1. The topological polar surface area (TPSA) is 115 Å². The van der Waals surface area contributed by atoms with Crippen LogP contribution in [-0.4, -0.2) is 18.6 Å². The van der Waals surface area contributed by atoms with Crippen molar-refractivity contribution in [3.8, 4) is 11.3 Å². The smallest absolute Gasteiger partial charge is 0.271 e. The van der Waals surface area contributed by atoms with Gasteiger partial charge >= 0.3 is 0 Å². The van der Waals surface area contributed by atoms with Crippen LogP contribution >= 0.6 is 0 Å². The third-order valence-corrected chi connectivity index (χ3v) is 1.57. The largest absolute Gasteiger partial charge is 0.285 e. The summed E-state index contributed by atoms with van der Waals surface area (Å²) in [7, 11) is -3.67. The Kier molecular flexibility index (Phi) is 4.18. The van der Waals surface area contributed by atoms with E-state index in [4.69, 9.17) is 0 Å². The number of rotatable bonds is 1. The highest BCUT2D eigenvalue weighted by molar-refractivity contribution is 7.86. The van der Waals surface area contributed by atoms with Gasteiger partial charge in [0.2, 0.25) is 0 Å². The van der Waals surface area contributed by atoms with Crippen molar-refractivity contribution in [2.24, 2.45) is 10.3 Å². The minimum atomic E-state index is -3.67. The molecule has 0 saturated heterocycles. The number of nitrogens with one attached hydrogen (secondary N) is 1. The predicted molar refractivity (Wildman–Crippen MR) is 61.3 cm³/mol. The van der Waals surface area contributed by atoms with Gasteiger partial charge in [-0.1, -0.05) is 30.3 Å². The Morgan fingerprint density at radius 1 is 1.06 bits per heavy atom. The molecule has 1 aromatic heterocycles. The molecule has 6 nitrogen and oxygen atoms in total. The van der Waals surface area contributed by atoms with Gasteiger partial charge in [-0.25, -0.2) is 10.3 Å². The highest BCUT2D eigenvalue weighted by Gasteiger charge is 1.95. The Balaban J connectivity index is 0.000000221. The van der Waals surface area contributed by atoms with Gasteiger partial charge in [0, 0.05) is 11.8 Å². The Labute approximate surface area is 93.5 Å². The Hall–Kier alpha value is -1.70. The number of nitrogens with zero attached hydrogens (tertiary/aromatic N) is 1. The van der Waals surface area contributed by atoms with Crippen LogP contribution < -0.4 is 10.3 Å². The van der Waals surface area contributed by atoms with Crippen molar-refractivity contribution >= 4 is 10.2 Å². The van der Waals surface area contributed by atoms with Gasteiger partial charge in [0.15, 0.2) is 0 Å². The lowest BCUT2D eigenvalue weighted by Gasteiger charge is -1.91. The van der Waals surface area contributed by atoms with Gasteiger partial charge in [-0.2, -0.15) is 13.5 Å². The quantitative estimate of drug-likeness (QED) is 0.662. The van der Waals surface area contributed by atoms with Crippen LogP contribution in [0.25, 0.3) is 11.3 Å². The second-order valence-electron chi connectivity index (χ2n) is 2.91. The van der Waals surface area contributed by atoms with Crippen molar-refractivity contribution in [2.75, 3.05) is 0 Å². The van der Waals surface area contributed by atoms with Gasteiger partial charge in [-0.3, -0.25) is 5.10 Å². The minimum absolute atomic E-state index is 0.991. The van der Waals surface area contributed by atoms with Crippen molar-refractivity contribution in [2.45, 2.75) is 0 Å². The second-order valence-corrected chi connectivity index (χ2v) is 4.09. The number of hydrogen-bond donors (Lipinski definition) is 3. The molecule has 0 saturated carbocycles. The summed E-state index contributed by atoms with van der Waals surface area (Å²) < 4.78 is 18.4. The highest BCUT2D eigenvalue weighted by atomic mass is 32.2. The molecule has 0 unspecified atom stereocenters. The summed E-state index contributed by atoms with van der Waals surface area (Å²) >= 11 is 0. The summed E-state index contributed by atoms with van der Waals surface area (Å²) in [5.41, 5.74) is 2.14. The maximum absolute atomic E-state index is 9.19. The lowest BCUT2D eigenvalue weighted by Crippen LogP contribution is -2.21. The summed E-state index contributed by atoms with van der Waals surface area (Å²) in [6.07, 6.45) is 1.82. The molecule has 0 amide bonds. The van der Waals surface area contributed by atoms with Crippen molar-refractivity contribution < 1.29 is 8.42 Å². The molecule has 16 heavy (non-hydrogen) atoms. The monoisotopic (exact) mass is 240 g/mol. The predicted octanol–water partition coefficient (Wildman–Crippen LogP) is 0.225. The van der Waals surface area contributed by atoms with Crippen LogP contribution in [0.3, 0.4) is 0 Å². The molecule has 1 heterocycles. The number of benzene rings is 1. The third kappa shape index (κ3) is 5.25. The first-order chi connectivity index (χ1) is 7.47. The molecule has 1 aromatic carbocycles. The molecule has 86 valence electrons. The van der Waals surface area contributed by atoms with E-state index in [9.17, 15) is 8.42 Å². The minimum Gasteiger partial charge on any atom is -0.285 e. The van der Waals surface area contributed by atoms with E-state index < -0.39 is 10.2 Å². The van der Waals surface area contributed by atoms with E-state index in [0.29, 0.717) is 0 Å². The number of H-pyrrole nitrogens is 1. The molecular formula is C9H12N4O2S. The van der Waals surface area contributed by atoms with Crippen molar-refractivity contribution in [3.05, 3.63) is 42.6 Å². The Morgan fingerprint density at radius 3 is 2.06 bits per heavy atom. The average molecular weight is 240 g/mol. The fourth-order valence-corrected chi connectivity index (χ4v) is 1.03. The highest BCUT2D eigenvalue weighted by Crippen LogP contribution is 2.13. The van der Waals surface area contributed by atoms with Gasteiger partial charge < -0.3 is 0 Å². The van der Waals surface area contributed by atoms with E-state index in [1.165, 1.54) is 0 Å². The lowest BCUT2D eigenvalue weighted by molar-refractivity contribution is 0.599. The average Bonchev–Trinajstić information content (AvgIpc) is 2.69. The van der Waals surface area contributed by atoms with Crippen LogP contribution in [0, 0.1) is 0 Å². The molecule has 0 atom stereocenters. The van der Waals surface area contributed by atoms with Crippen LogP contribution in [0.15, 0.2) is 42.6 Å². The van der Waals surface area contributed by atoms with Gasteiger partial charge in [0.25, 0.3) is 10.2 Å². The maximum Gasteiger partial charge on any atom is 0.271 e. The van der Waals surface area contributed by atoms with Crippen LogP contribution in [0.2, 0.25) is 0 Å². The maximum atomic E-state index is 9.19. The zero-order valence-corrected chi connectivity index (χ0v) is 9.18. The van der Waals surface area contributed by atoms with E-state index in [2.05, 4.69) is 20.5 Å². The van der Waals surface area contributed by atoms with Crippen LogP contribution in [0.1, 0.15) is 0 Å². The molecule has 0 aliphatic heterocycles. The number of aromatic nitrogens is 2. The van der Waals surface area contributed by atoms with E-state index in [1.54, 1.807) is 0 Å². The van der Waals surface area contributed by atoms with Crippen LogP contribution in [0.5, 0.6) is 0 Å². The van der Waals surface area contributed by atoms with Crippen LogP contribution in [0.4, 0.5) is 0 Å². The van der Waals surface area contributed by atoms with Gasteiger partial charge in [0.05, 0.1) is 5.69 Å². The Bertz CT molecular complexity index is 500. The molecule has 0 aliphatic carbocycles. The van der Waals surface area contributed by atoms with E-state index in [1.807, 2.05) is 42.6 Å². The molecule has 0 spiro atoms. The zero-order chi connectivity index (χ0) is 12.0. The van der Waals surface area contributed by atoms with Crippen LogP contribution in [-0.2, 0) is 10.2 Å². The third-order valence-electron chi connectivity index (χ3n) is 1.57. The van der Waals surface area contributed by atoms with Crippen molar-refractivity contribution in [1.82, 2.24) is 10.2 Å². The summed E-state index contributed by atoms with van der Waals surface area (Å²) in [5, 5.41) is 15.0. The molecule has 0 radical (unpaired) electrons. The second kappa shape index (κ2) is 5.40. The normalized spacial score (nSPS) is 10.4. The number of hydrogen-bond acceptors (Lipinski definition) is 3. The Morgan fingerprint density at radius 2 is 1.62 bits per heavy atom. The summed E-state index contributed by atoms with van der Waals surface area (Å²) in [6, 6.07) is 12.0. The fraction of sp³-hybridized carbons (Fsp3) is 0. The first kappa shape index (κ1) is 12.4. The summed E-state index contributed by atoms with van der Waals surface area (Å²) in [4.78, 5) is 0. The van der Waals surface area contributed by atoms with E-state index in [-0.39, 0.29) is 0 Å². The molecule has 0 fully saturated rings. The first-order valence-electron chi connectivity index (χ1n) is 4.32. The standard InChI is InChI=1S/C9H8N2.H4N2O2S/c1-2-4-8(5-3-1)9-6-7-10-11-9;1-5(2,3)4/h1-7H,(H,10,11);(H4,1,2,3,4). The molecule has 7 heteroatoms. The fourth-order valence-electron chi connectivity index (χ4n) is 1.03. The molecular weight excluding hydrogens is 228 g/mol. The van der Waals surface area contributed by atoms with Crippen molar-refractivity contribution in [1.29, 1.82) is 0 Å². The first-order valence-corrected chi connectivity index (χ1v) is 5.93. The number of nitrogens with two attached hydrogens (primary N) is 2. The van der Waals surface area contributed by atoms with Gasteiger partial charge in [-0.05, 0) is 6.07 Å². The number of aromatic amines is 1. The molecule has 0 bridgehead atoms. The van der Waals surface area contributed by atoms with Gasteiger partial charge in [0.1, 0.15) is 0 Å². The molecule has 0 aliphatic rings. The van der Waals surface area contributed by atoms with Crippen molar-refractivity contribution in [3.63, 3.8) is 0 Å². The van der Waals surface area contributed by atoms with Gasteiger partial charge in [-0.15, -0.1) is 0 Å². The molecule has 2 rings (SSSR count). The lowest BCUT2D eigenvalue weighted by atomic mass is 10.2. The zero-order valence-electron chi connectivity index (χ0n) is 8.37. The molecule has 5 N–H and O–H groups in total. The van der Waals surface area contributed by atoms with E-state index >= 15 is 0 Å². The summed E-state index contributed by atoms with van der Waals surface area (Å²) in [6.45, 7) is 0. The summed E-state index contributed by atoms with van der Waals surface area (Å²) in [5.74, 6) is 0.